The van der Waals surface area contributed by atoms with Crippen LogP contribution in [-0.4, -0.2) is 88.7 Å². The van der Waals surface area contributed by atoms with E-state index in [4.69, 9.17) is 23.7 Å². The predicted molar refractivity (Wildman–Crippen MR) is 134 cm³/mol. The number of hydrogen-bond acceptors (Lipinski definition) is 8. The number of fused-ring (bicyclic) bond motifs is 1. The van der Waals surface area contributed by atoms with Crippen molar-refractivity contribution in [2.75, 3.05) is 66.0 Å². The normalized spacial score (nSPS) is 12.9. The highest BCUT2D eigenvalue weighted by atomic mass is 16.6. The number of nitrogens with zero attached hydrogens (tertiary/aromatic N) is 1. The average molecular weight is 508 g/mol. The Bertz CT molecular complexity index is 750. The van der Waals surface area contributed by atoms with Gasteiger partial charge in [0.2, 0.25) is 0 Å². The maximum absolute atomic E-state index is 12.3. The molecule has 9 nitrogen and oxygen atoms in total. The fourth-order valence-corrected chi connectivity index (χ4v) is 3.70. The van der Waals surface area contributed by atoms with Crippen LogP contribution in [0.5, 0.6) is 0 Å². The third-order valence-corrected chi connectivity index (χ3v) is 5.68. The van der Waals surface area contributed by atoms with E-state index in [1.807, 2.05) is 0 Å². The summed E-state index contributed by atoms with van der Waals surface area (Å²) in [5, 5.41) is 0. The zero-order valence-electron chi connectivity index (χ0n) is 21.5. The van der Waals surface area contributed by atoms with Crippen LogP contribution >= 0.6 is 0 Å². The SMILES string of the molecule is CCCCCCCCC(=O)OCCOCCOCCOCCOCCN1C(=O)c2ccccc2C1=O. The first-order valence-electron chi connectivity index (χ1n) is 13.1. The summed E-state index contributed by atoms with van der Waals surface area (Å²) in [5.74, 6) is -0.711. The summed E-state index contributed by atoms with van der Waals surface area (Å²) >= 11 is 0. The number of hydrogen-bond donors (Lipinski definition) is 0. The number of unbranched alkanes of at least 4 members (excludes halogenated alkanes) is 5. The topological polar surface area (TPSA) is 101 Å². The van der Waals surface area contributed by atoms with Crippen molar-refractivity contribution in [1.82, 2.24) is 4.90 Å². The fourth-order valence-electron chi connectivity index (χ4n) is 3.70. The summed E-state index contributed by atoms with van der Waals surface area (Å²) in [6, 6.07) is 6.81. The van der Waals surface area contributed by atoms with Gasteiger partial charge in [0.1, 0.15) is 6.61 Å². The molecule has 1 aliphatic heterocycles. The van der Waals surface area contributed by atoms with Crippen LogP contribution in [0.2, 0.25) is 0 Å². The second-order valence-corrected chi connectivity index (χ2v) is 8.50. The maximum atomic E-state index is 12.3. The highest BCUT2D eigenvalue weighted by molar-refractivity contribution is 6.21. The van der Waals surface area contributed by atoms with Crippen LogP contribution < -0.4 is 0 Å². The molecule has 0 atom stereocenters. The van der Waals surface area contributed by atoms with Gasteiger partial charge in [-0.1, -0.05) is 51.2 Å². The summed E-state index contributed by atoms with van der Waals surface area (Å²) in [7, 11) is 0. The van der Waals surface area contributed by atoms with Gasteiger partial charge in [0.25, 0.3) is 11.8 Å². The maximum Gasteiger partial charge on any atom is 0.305 e. The monoisotopic (exact) mass is 507 g/mol. The molecule has 0 unspecified atom stereocenters. The van der Waals surface area contributed by atoms with Crippen LogP contribution in [0.15, 0.2) is 24.3 Å². The lowest BCUT2D eigenvalue weighted by Gasteiger charge is -2.13. The molecule has 0 saturated carbocycles. The second kappa shape index (κ2) is 18.9. The molecule has 2 rings (SSSR count). The summed E-state index contributed by atoms with van der Waals surface area (Å²) in [6.45, 7) is 5.78. The molecule has 36 heavy (non-hydrogen) atoms. The van der Waals surface area contributed by atoms with E-state index < -0.39 is 0 Å². The first-order chi connectivity index (χ1) is 17.6. The Morgan fingerprint density at radius 3 is 1.69 bits per heavy atom. The van der Waals surface area contributed by atoms with Crippen molar-refractivity contribution in [2.45, 2.75) is 51.9 Å². The highest BCUT2D eigenvalue weighted by Crippen LogP contribution is 2.21. The Labute approximate surface area is 214 Å². The number of carbonyl (C=O) groups is 3. The van der Waals surface area contributed by atoms with E-state index >= 15 is 0 Å². The predicted octanol–water partition coefficient (Wildman–Crippen LogP) is 3.64. The van der Waals surface area contributed by atoms with E-state index in [2.05, 4.69) is 6.92 Å². The van der Waals surface area contributed by atoms with Gasteiger partial charge in [-0.25, -0.2) is 0 Å². The molecule has 1 heterocycles. The van der Waals surface area contributed by atoms with E-state index in [1.165, 1.54) is 30.6 Å². The minimum Gasteiger partial charge on any atom is -0.463 e. The molecule has 2 amide bonds. The fraction of sp³-hybridized carbons (Fsp3) is 0.667. The lowest BCUT2D eigenvalue weighted by molar-refractivity contribution is -0.145. The first-order valence-corrected chi connectivity index (χ1v) is 13.1. The third-order valence-electron chi connectivity index (χ3n) is 5.68. The van der Waals surface area contributed by atoms with Crippen LogP contribution in [0.3, 0.4) is 0 Å². The Kier molecular flexibility index (Phi) is 15.7. The molecule has 202 valence electrons. The molecule has 0 aliphatic carbocycles. The summed E-state index contributed by atoms with van der Waals surface area (Å²) < 4.78 is 26.9. The van der Waals surface area contributed by atoms with Gasteiger partial charge in [0.15, 0.2) is 0 Å². The second-order valence-electron chi connectivity index (χ2n) is 8.50. The Balaban J connectivity index is 1.30. The quantitative estimate of drug-likeness (QED) is 0.133. The molecule has 0 aromatic heterocycles. The van der Waals surface area contributed by atoms with Crippen LogP contribution in [0.4, 0.5) is 0 Å². The molecule has 9 heteroatoms. The van der Waals surface area contributed by atoms with Gasteiger partial charge in [-0.2, -0.15) is 0 Å². The summed E-state index contributed by atoms with van der Waals surface area (Å²) in [4.78, 5) is 37.3. The van der Waals surface area contributed by atoms with Crippen LogP contribution in [-0.2, 0) is 28.5 Å². The van der Waals surface area contributed by atoms with Crippen molar-refractivity contribution in [1.29, 1.82) is 0 Å². The number of carbonyl (C=O) groups excluding carboxylic acids is 3. The van der Waals surface area contributed by atoms with Crippen LogP contribution in [0.1, 0.15) is 72.6 Å². The van der Waals surface area contributed by atoms with Gasteiger partial charge in [-0.15, -0.1) is 0 Å². The third kappa shape index (κ3) is 11.6. The van der Waals surface area contributed by atoms with Gasteiger partial charge in [-0.05, 0) is 18.6 Å². The Morgan fingerprint density at radius 1 is 0.667 bits per heavy atom. The highest BCUT2D eigenvalue weighted by Gasteiger charge is 2.34. The Morgan fingerprint density at radius 2 is 1.14 bits per heavy atom. The molecule has 1 aromatic carbocycles. The van der Waals surface area contributed by atoms with Crippen molar-refractivity contribution in [3.63, 3.8) is 0 Å². The average Bonchev–Trinajstić information content (AvgIpc) is 3.13. The van der Waals surface area contributed by atoms with Gasteiger partial charge in [0.05, 0.1) is 70.5 Å². The summed E-state index contributed by atoms with van der Waals surface area (Å²) in [5.41, 5.74) is 0.886. The number of rotatable bonds is 22. The van der Waals surface area contributed by atoms with Crippen molar-refractivity contribution in [3.05, 3.63) is 35.4 Å². The number of benzene rings is 1. The zero-order chi connectivity index (χ0) is 25.8. The van der Waals surface area contributed by atoms with E-state index in [0.29, 0.717) is 63.8 Å². The zero-order valence-corrected chi connectivity index (χ0v) is 21.5. The van der Waals surface area contributed by atoms with Crippen molar-refractivity contribution >= 4 is 17.8 Å². The molecule has 0 saturated heterocycles. The smallest absolute Gasteiger partial charge is 0.305 e. The lowest BCUT2D eigenvalue weighted by atomic mass is 10.1. The molecular formula is C27H41NO8. The van der Waals surface area contributed by atoms with Gasteiger partial charge in [-0.3, -0.25) is 19.3 Å². The van der Waals surface area contributed by atoms with E-state index in [9.17, 15) is 14.4 Å². The van der Waals surface area contributed by atoms with Gasteiger partial charge < -0.3 is 23.7 Å². The van der Waals surface area contributed by atoms with Gasteiger partial charge in [0, 0.05) is 6.42 Å². The minimum atomic E-state index is -0.277. The lowest BCUT2D eigenvalue weighted by Crippen LogP contribution is -2.33. The molecule has 0 N–H and O–H groups in total. The van der Waals surface area contributed by atoms with E-state index in [1.54, 1.807) is 24.3 Å². The molecule has 0 spiro atoms. The minimum absolute atomic E-state index is 0.157. The largest absolute Gasteiger partial charge is 0.463 e. The molecule has 0 fully saturated rings. The van der Waals surface area contributed by atoms with Crippen LogP contribution in [0, 0.1) is 0 Å². The number of amides is 2. The first kappa shape index (κ1) is 29.9. The van der Waals surface area contributed by atoms with E-state index in [0.717, 1.165) is 12.8 Å². The standard InChI is InChI=1S/C27H41NO8/c1-2-3-4-5-6-7-12-25(29)36-22-21-35-20-19-34-18-17-33-16-15-32-14-13-28-26(30)23-10-8-9-11-24(23)27(28)31/h8-11H,2-7,12-22H2,1H3. The molecule has 0 bridgehead atoms. The number of imide groups is 1. The number of ether oxygens (including phenoxy) is 5. The molecule has 1 aliphatic rings. The van der Waals surface area contributed by atoms with E-state index in [-0.39, 0.29) is 37.5 Å². The molecule has 0 radical (unpaired) electrons. The summed E-state index contributed by atoms with van der Waals surface area (Å²) in [6.07, 6.45) is 7.37. The molecule has 1 aromatic rings. The van der Waals surface area contributed by atoms with Crippen molar-refractivity contribution in [2.24, 2.45) is 0 Å². The van der Waals surface area contributed by atoms with Crippen LogP contribution in [0.25, 0.3) is 0 Å². The van der Waals surface area contributed by atoms with Crippen molar-refractivity contribution in [3.8, 4) is 0 Å². The Hall–Kier alpha value is -2.33. The number of esters is 1. The molecular weight excluding hydrogens is 466 g/mol. The van der Waals surface area contributed by atoms with Crippen molar-refractivity contribution < 1.29 is 38.1 Å². The van der Waals surface area contributed by atoms with Gasteiger partial charge >= 0.3 is 5.97 Å².